The molecule has 25 heavy (non-hydrogen) atoms. The highest BCUT2D eigenvalue weighted by Crippen LogP contribution is 2.36. The molecular weight excluding hydrogens is 318 g/mol. The van der Waals surface area contributed by atoms with Gasteiger partial charge in [0.05, 0.1) is 0 Å². The smallest absolute Gasteiger partial charge is 0.274 e. The van der Waals surface area contributed by atoms with Crippen LogP contribution in [0.2, 0.25) is 0 Å². The number of nitrogens with one attached hydrogen (secondary N) is 1. The quantitative estimate of drug-likeness (QED) is 0.666. The number of amides is 2. The van der Waals surface area contributed by atoms with Crippen LogP contribution in [-0.2, 0) is 13.0 Å². The van der Waals surface area contributed by atoms with Crippen molar-refractivity contribution in [3.05, 3.63) is 58.4 Å². The summed E-state index contributed by atoms with van der Waals surface area (Å²) >= 11 is 0. The Morgan fingerprint density at radius 1 is 1.28 bits per heavy atom. The van der Waals surface area contributed by atoms with E-state index in [1.54, 1.807) is 11.5 Å². The molecule has 1 fully saturated rings. The van der Waals surface area contributed by atoms with E-state index < -0.39 is 5.91 Å². The van der Waals surface area contributed by atoms with Gasteiger partial charge in [-0.25, -0.2) is 5.48 Å². The van der Waals surface area contributed by atoms with E-state index in [4.69, 9.17) is 5.21 Å². The monoisotopic (exact) mass is 339 g/mol. The lowest BCUT2D eigenvalue weighted by Gasteiger charge is -2.30. The molecule has 2 aromatic rings. The van der Waals surface area contributed by atoms with Crippen molar-refractivity contribution in [2.24, 2.45) is 0 Å². The molecular formula is C19H21N3O3. The molecule has 0 bridgehead atoms. The van der Waals surface area contributed by atoms with E-state index >= 15 is 0 Å². The molecule has 1 aromatic heterocycles. The number of carbonyl (C=O) groups excluding carboxylic acids is 2. The van der Waals surface area contributed by atoms with Gasteiger partial charge in [0.15, 0.2) is 0 Å². The van der Waals surface area contributed by atoms with Crippen LogP contribution in [0.3, 0.4) is 0 Å². The maximum Gasteiger partial charge on any atom is 0.274 e. The number of rotatable bonds is 3. The molecule has 1 saturated carbocycles. The predicted molar refractivity (Wildman–Crippen MR) is 91.6 cm³/mol. The zero-order chi connectivity index (χ0) is 17.6. The SMILES string of the molecule is Cc1cc(C(=O)NO)cc2c1CN(C(=O)c1cccn1C1CC1)CC2. The van der Waals surface area contributed by atoms with Crippen molar-refractivity contribution in [1.29, 1.82) is 0 Å². The first-order valence-corrected chi connectivity index (χ1v) is 8.61. The molecule has 6 nitrogen and oxygen atoms in total. The molecule has 2 amide bonds. The minimum atomic E-state index is -0.508. The minimum Gasteiger partial charge on any atom is -0.340 e. The number of aryl methyl sites for hydroxylation is 1. The van der Waals surface area contributed by atoms with Crippen LogP contribution in [0, 0.1) is 6.92 Å². The number of hydrogen-bond donors (Lipinski definition) is 2. The summed E-state index contributed by atoms with van der Waals surface area (Å²) in [5.41, 5.74) is 6.02. The van der Waals surface area contributed by atoms with Crippen molar-refractivity contribution >= 4 is 11.8 Å². The lowest BCUT2D eigenvalue weighted by atomic mass is 9.92. The standard InChI is InChI=1S/C19H21N3O3/c1-12-9-14(18(23)20-25)10-13-6-8-21(11-16(12)13)19(24)17-3-2-7-22(17)15-4-5-15/h2-3,7,9-10,15,25H,4-6,8,11H2,1H3,(H,20,23). The summed E-state index contributed by atoms with van der Waals surface area (Å²) in [5.74, 6) is -0.439. The third-order valence-electron chi connectivity index (χ3n) is 5.15. The van der Waals surface area contributed by atoms with E-state index in [0.29, 0.717) is 31.1 Å². The Labute approximate surface area is 146 Å². The first kappa shape index (κ1) is 15.9. The molecule has 2 aliphatic rings. The minimum absolute atomic E-state index is 0.0686. The number of benzene rings is 1. The van der Waals surface area contributed by atoms with E-state index in [9.17, 15) is 9.59 Å². The Morgan fingerprint density at radius 2 is 2.08 bits per heavy atom. The van der Waals surface area contributed by atoms with Gasteiger partial charge in [0, 0.05) is 30.9 Å². The molecule has 0 spiro atoms. The topological polar surface area (TPSA) is 74.6 Å². The maximum absolute atomic E-state index is 13.0. The first-order chi connectivity index (χ1) is 12.1. The Morgan fingerprint density at radius 3 is 2.80 bits per heavy atom. The number of carbonyl (C=O) groups is 2. The van der Waals surface area contributed by atoms with Gasteiger partial charge in [-0.2, -0.15) is 0 Å². The van der Waals surface area contributed by atoms with Crippen LogP contribution in [0.5, 0.6) is 0 Å². The molecule has 2 heterocycles. The summed E-state index contributed by atoms with van der Waals surface area (Å²) in [6.07, 6.45) is 4.99. The van der Waals surface area contributed by atoms with Crippen LogP contribution >= 0.6 is 0 Å². The maximum atomic E-state index is 13.0. The second-order valence-corrected chi connectivity index (χ2v) is 6.88. The van der Waals surface area contributed by atoms with E-state index in [0.717, 1.165) is 35.2 Å². The van der Waals surface area contributed by atoms with Crippen molar-refractivity contribution < 1.29 is 14.8 Å². The normalized spacial score (nSPS) is 16.5. The van der Waals surface area contributed by atoms with Gasteiger partial charge in [-0.05, 0) is 67.1 Å². The molecule has 4 rings (SSSR count). The van der Waals surface area contributed by atoms with Crippen LogP contribution in [-0.4, -0.2) is 33.0 Å². The largest absolute Gasteiger partial charge is 0.340 e. The Kier molecular flexibility index (Phi) is 3.84. The van der Waals surface area contributed by atoms with E-state index in [-0.39, 0.29) is 5.91 Å². The van der Waals surface area contributed by atoms with Gasteiger partial charge in [0.2, 0.25) is 0 Å². The summed E-state index contributed by atoms with van der Waals surface area (Å²) < 4.78 is 2.10. The summed E-state index contributed by atoms with van der Waals surface area (Å²) in [4.78, 5) is 26.5. The Bertz CT molecular complexity index is 852. The predicted octanol–water partition coefficient (Wildman–Crippen LogP) is 2.45. The average molecular weight is 339 g/mol. The van der Waals surface area contributed by atoms with Crippen molar-refractivity contribution in [1.82, 2.24) is 14.9 Å². The number of nitrogens with zero attached hydrogens (tertiary/aromatic N) is 2. The van der Waals surface area contributed by atoms with Crippen molar-refractivity contribution in [2.75, 3.05) is 6.54 Å². The van der Waals surface area contributed by atoms with Gasteiger partial charge in [0.1, 0.15) is 5.69 Å². The van der Waals surface area contributed by atoms with Gasteiger partial charge >= 0.3 is 0 Å². The summed E-state index contributed by atoms with van der Waals surface area (Å²) in [7, 11) is 0. The zero-order valence-electron chi connectivity index (χ0n) is 14.2. The fourth-order valence-electron chi connectivity index (χ4n) is 3.64. The number of aromatic nitrogens is 1. The highest BCUT2D eigenvalue weighted by Gasteiger charge is 2.30. The molecule has 0 atom stereocenters. The third kappa shape index (κ3) is 2.82. The molecule has 2 N–H and O–H groups in total. The molecule has 130 valence electrons. The van der Waals surface area contributed by atoms with E-state index in [1.807, 2.05) is 36.2 Å². The van der Waals surface area contributed by atoms with Gasteiger partial charge < -0.3 is 9.47 Å². The fourth-order valence-corrected chi connectivity index (χ4v) is 3.64. The van der Waals surface area contributed by atoms with E-state index in [2.05, 4.69) is 4.57 Å². The van der Waals surface area contributed by atoms with Crippen LogP contribution < -0.4 is 5.48 Å². The van der Waals surface area contributed by atoms with Crippen molar-refractivity contribution in [3.8, 4) is 0 Å². The molecule has 0 saturated heterocycles. The highest BCUT2D eigenvalue weighted by atomic mass is 16.5. The first-order valence-electron chi connectivity index (χ1n) is 8.61. The van der Waals surface area contributed by atoms with Crippen LogP contribution in [0.1, 0.15) is 56.4 Å². The summed E-state index contributed by atoms with van der Waals surface area (Å²) in [6, 6.07) is 7.88. The summed E-state index contributed by atoms with van der Waals surface area (Å²) in [6.45, 7) is 3.12. The highest BCUT2D eigenvalue weighted by molar-refractivity contribution is 5.94. The molecule has 1 aliphatic carbocycles. The van der Waals surface area contributed by atoms with Gasteiger partial charge in [0.25, 0.3) is 11.8 Å². The van der Waals surface area contributed by atoms with Crippen LogP contribution in [0.4, 0.5) is 0 Å². The van der Waals surface area contributed by atoms with Crippen molar-refractivity contribution in [2.45, 2.75) is 38.8 Å². The number of hydrogen-bond acceptors (Lipinski definition) is 3. The zero-order valence-corrected chi connectivity index (χ0v) is 14.2. The lowest BCUT2D eigenvalue weighted by molar-refractivity contribution is 0.0701. The second-order valence-electron chi connectivity index (χ2n) is 6.88. The molecule has 0 radical (unpaired) electrons. The molecule has 1 aliphatic heterocycles. The van der Waals surface area contributed by atoms with Crippen LogP contribution in [0.15, 0.2) is 30.5 Å². The Hall–Kier alpha value is -2.60. The second kappa shape index (κ2) is 6.04. The lowest BCUT2D eigenvalue weighted by Crippen LogP contribution is -2.37. The Balaban J connectivity index is 1.59. The third-order valence-corrected chi connectivity index (χ3v) is 5.15. The fraction of sp³-hybridized carbons (Fsp3) is 0.368. The van der Waals surface area contributed by atoms with Gasteiger partial charge in [-0.3, -0.25) is 14.8 Å². The summed E-state index contributed by atoms with van der Waals surface area (Å²) in [5, 5.41) is 8.82. The van der Waals surface area contributed by atoms with Gasteiger partial charge in [-0.15, -0.1) is 0 Å². The molecule has 1 aromatic carbocycles. The average Bonchev–Trinajstić information content (AvgIpc) is 3.36. The van der Waals surface area contributed by atoms with Gasteiger partial charge in [-0.1, -0.05) is 0 Å². The van der Waals surface area contributed by atoms with Crippen LogP contribution in [0.25, 0.3) is 0 Å². The number of fused-ring (bicyclic) bond motifs is 1. The molecule has 6 heteroatoms. The molecule has 0 unspecified atom stereocenters. The van der Waals surface area contributed by atoms with E-state index in [1.165, 1.54) is 0 Å². The number of hydroxylamine groups is 1. The van der Waals surface area contributed by atoms with Crippen molar-refractivity contribution in [3.63, 3.8) is 0 Å².